The summed E-state index contributed by atoms with van der Waals surface area (Å²) in [6.45, 7) is 1.48. The van der Waals surface area contributed by atoms with Gasteiger partial charge in [-0.1, -0.05) is 0 Å². The molecule has 5 heteroatoms. The standard InChI is InChI=1S/C10H14N2O2Se/c1-7(13)14-8-3-2-4-9-10(6-5-8)15-12-11-9/h8H,2-6H2,1H3. The Labute approximate surface area is 95.0 Å². The number of carbonyl (C=O) groups is 1. The van der Waals surface area contributed by atoms with E-state index < -0.39 is 0 Å². The molecule has 1 atom stereocenters. The summed E-state index contributed by atoms with van der Waals surface area (Å²) in [6.07, 6.45) is 5.04. The molecule has 0 aromatic carbocycles. The van der Waals surface area contributed by atoms with E-state index in [4.69, 9.17) is 4.74 Å². The summed E-state index contributed by atoms with van der Waals surface area (Å²) in [5.74, 6) is -0.166. The third-order valence-electron chi connectivity index (χ3n) is 2.60. The molecular formula is C10H14N2O2Se. The van der Waals surface area contributed by atoms with Gasteiger partial charge in [-0.2, -0.15) is 0 Å². The minimum atomic E-state index is -0.166. The Morgan fingerprint density at radius 3 is 3.13 bits per heavy atom. The van der Waals surface area contributed by atoms with E-state index in [1.54, 1.807) is 0 Å². The molecule has 0 saturated heterocycles. The van der Waals surface area contributed by atoms with Crippen LogP contribution in [-0.4, -0.2) is 36.0 Å². The van der Waals surface area contributed by atoms with Crippen LogP contribution in [0.15, 0.2) is 0 Å². The molecular weight excluding hydrogens is 259 g/mol. The molecule has 82 valence electrons. The molecule has 0 radical (unpaired) electrons. The van der Waals surface area contributed by atoms with Crippen LogP contribution in [-0.2, 0) is 22.4 Å². The molecule has 0 aliphatic heterocycles. The van der Waals surface area contributed by atoms with Crippen LogP contribution in [0.1, 0.15) is 36.3 Å². The first-order chi connectivity index (χ1) is 7.25. The second-order valence-corrected chi connectivity index (χ2v) is 5.56. The Kier molecular flexibility index (Phi) is 3.54. The molecule has 0 bridgehead atoms. The van der Waals surface area contributed by atoms with Gasteiger partial charge in [0.2, 0.25) is 0 Å². The first kappa shape index (κ1) is 10.8. The average molecular weight is 273 g/mol. The van der Waals surface area contributed by atoms with Gasteiger partial charge in [0.1, 0.15) is 0 Å². The fraction of sp³-hybridized carbons (Fsp3) is 0.700. The van der Waals surface area contributed by atoms with E-state index in [1.165, 1.54) is 17.1 Å². The number of esters is 1. The van der Waals surface area contributed by atoms with Crippen molar-refractivity contribution in [2.75, 3.05) is 0 Å². The van der Waals surface area contributed by atoms with Gasteiger partial charge in [-0.3, -0.25) is 0 Å². The number of fused-ring (bicyclic) bond motifs is 1. The molecule has 15 heavy (non-hydrogen) atoms. The normalized spacial score (nSPS) is 21.3. The van der Waals surface area contributed by atoms with Crippen LogP contribution in [0.3, 0.4) is 0 Å². The van der Waals surface area contributed by atoms with E-state index in [0.717, 1.165) is 32.1 Å². The number of hydrogen-bond acceptors (Lipinski definition) is 4. The van der Waals surface area contributed by atoms with E-state index in [1.807, 2.05) is 0 Å². The number of aromatic nitrogens is 2. The molecule has 1 unspecified atom stereocenters. The molecule has 4 nitrogen and oxygen atoms in total. The maximum absolute atomic E-state index is 10.9. The van der Waals surface area contributed by atoms with Crippen molar-refractivity contribution < 1.29 is 9.53 Å². The first-order valence-electron chi connectivity index (χ1n) is 5.23. The van der Waals surface area contributed by atoms with Crippen molar-refractivity contribution in [3.63, 3.8) is 0 Å². The van der Waals surface area contributed by atoms with E-state index >= 15 is 0 Å². The van der Waals surface area contributed by atoms with Crippen molar-refractivity contribution in [3.05, 3.63) is 10.1 Å². The monoisotopic (exact) mass is 274 g/mol. The molecule has 2 rings (SSSR count). The fourth-order valence-electron chi connectivity index (χ4n) is 1.89. The number of ether oxygens (including phenoxy) is 1. The Bertz CT molecular complexity index is 351. The van der Waals surface area contributed by atoms with Gasteiger partial charge in [0.05, 0.1) is 0 Å². The summed E-state index contributed by atoms with van der Waals surface area (Å²) in [5.41, 5.74) is 1.20. The zero-order valence-electron chi connectivity index (χ0n) is 8.73. The van der Waals surface area contributed by atoms with Gasteiger partial charge < -0.3 is 0 Å². The zero-order chi connectivity index (χ0) is 10.7. The van der Waals surface area contributed by atoms with Gasteiger partial charge in [0, 0.05) is 0 Å². The van der Waals surface area contributed by atoms with E-state index in [-0.39, 0.29) is 26.8 Å². The molecule has 1 aromatic rings. The van der Waals surface area contributed by atoms with Crippen LogP contribution < -0.4 is 0 Å². The molecule has 1 aromatic heterocycles. The van der Waals surface area contributed by atoms with Crippen molar-refractivity contribution in [2.45, 2.75) is 45.1 Å². The second kappa shape index (κ2) is 4.90. The minimum absolute atomic E-state index is 0.105. The van der Waals surface area contributed by atoms with E-state index in [2.05, 4.69) is 9.19 Å². The van der Waals surface area contributed by atoms with Crippen LogP contribution in [0.2, 0.25) is 0 Å². The quantitative estimate of drug-likeness (QED) is 0.559. The molecule has 0 spiro atoms. The van der Waals surface area contributed by atoms with Crippen molar-refractivity contribution in [2.24, 2.45) is 0 Å². The summed E-state index contributed by atoms with van der Waals surface area (Å²) < 4.78 is 10.8. The number of rotatable bonds is 1. The van der Waals surface area contributed by atoms with Crippen molar-refractivity contribution in [3.8, 4) is 0 Å². The van der Waals surface area contributed by atoms with Crippen molar-refractivity contribution in [1.29, 1.82) is 0 Å². The molecule has 0 amide bonds. The average Bonchev–Trinajstić information content (AvgIpc) is 2.56. The summed E-state index contributed by atoms with van der Waals surface area (Å²) in [4.78, 5) is 10.9. The van der Waals surface area contributed by atoms with Gasteiger partial charge in [-0.15, -0.1) is 0 Å². The van der Waals surface area contributed by atoms with Crippen LogP contribution in [0.5, 0.6) is 0 Å². The van der Waals surface area contributed by atoms with Crippen LogP contribution in [0.4, 0.5) is 0 Å². The summed E-state index contributed by atoms with van der Waals surface area (Å²) in [5, 5.41) is 4.17. The molecule has 0 N–H and O–H groups in total. The topological polar surface area (TPSA) is 52.1 Å². The third-order valence-corrected chi connectivity index (χ3v) is 4.33. The molecule has 1 aliphatic rings. The summed E-state index contributed by atoms with van der Waals surface area (Å²) in [6, 6.07) is 0. The predicted molar refractivity (Wildman–Crippen MR) is 55.8 cm³/mol. The van der Waals surface area contributed by atoms with Gasteiger partial charge in [-0.25, -0.2) is 0 Å². The van der Waals surface area contributed by atoms with Gasteiger partial charge in [0.25, 0.3) is 0 Å². The Balaban J connectivity index is 1.99. The summed E-state index contributed by atoms with van der Waals surface area (Å²) in [7, 11) is 0. The van der Waals surface area contributed by atoms with Gasteiger partial charge >= 0.3 is 94.7 Å². The first-order valence-corrected chi connectivity index (χ1v) is 6.85. The Morgan fingerprint density at radius 2 is 2.33 bits per heavy atom. The van der Waals surface area contributed by atoms with Crippen molar-refractivity contribution in [1.82, 2.24) is 9.19 Å². The Morgan fingerprint density at radius 1 is 1.47 bits per heavy atom. The zero-order valence-corrected chi connectivity index (χ0v) is 10.4. The molecule has 1 aliphatic carbocycles. The second-order valence-electron chi connectivity index (χ2n) is 3.81. The predicted octanol–water partition coefficient (Wildman–Crippen LogP) is 0.734. The fourth-order valence-corrected chi connectivity index (χ4v) is 3.35. The van der Waals surface area contributed by atoms with Gasteiger partial charge in [-0.05, 0) is 0 Å². The van der Waals surface area contributed by atoms with Gasteiger partial charge in [0.15, 0.2) is 0 Å². The SMILES string of the molecule is CC(=O)OC1CCCc2nn[se]c2CC1. The third kappa shape index (κ3) is 2.89. The van der Waals surface area contributed by atoms with E-state index in [9.17, 15) is 4.79 Å². The maximum atomic E-state index is 10.9. The number of nitrogens with zero attached hydrogens (tertiary/aromatic N) is 2. The van der Waals surface area contributed by atoms with Crippen LogP contribution in [0.25, 0.3) is 0 Å². The van der Waals surface area contributed by atoms with Crippen LogP contribution in [0, 0.1) is 0 Å². The Hall–Kier alpha value is -0.671. The van der Waals surface area contributed by atoms with E-state index in [0.29, 0.717) is 0 Å². The molecule has 1 heterocycles. The van der Waals surface area contributed by atoms with Crippen LogP contribution >= 0.6 is 0 Å². The number of carbonyl (C=O) groups excluding carboxylic acids is 1. The van der Waals surface area contributed by atoms with Crippen molar-refractivity contribution >= 4 is 20.7 Å². The number of hydrogen-bond donors (Lipinski definition) is 0. The summed E-state index contributed by atoms with van der Waals surface area (Å²) >= 11 is 0.216. The molecule has 0 fully saturated rings. The number of aryl methyl sites for hydroxylation is 2. The molecule has 0 saturated carbocycles.